The lowest BCUT2D eigenvalue weighted by Crippen LogP contribution is -2.49. The van der Waals surface area contributed by atoms with Crippen LogP contribution in [-0.4, -0.2) is 42.6 Å². The second kappa shape index (κ2) is 6.99. The van der Waals surface area contributed by atoms with Gasteiger partial charge in [-0.1, -0.05) is 6.08 Å². The first-order valence-corrected chi connectivity index (χ1v) is 10.1. The monoisotopic (exact) mass is 389 g/mol. The van der Waals surface area contributed by atoms with E-state index in [4.69, 9.17) is 0 Å². The number of nitriles is 1. The van der Waals surface area contributed by atoms with E-state index in [1.54, 1.807) is 17.1 Å². The maximum atomic E-state index is 13.0. The number of rotatable bonds is 4. The Labute approximate surface area is 169 Å². The first-order valence-electron chi connectivity index (χ1n) is 10.1. The predicted molar refractivity (Wildman–Crippen MR) is 107 cm³/mol. The largest absolute Gasteiger partial charge is 0.333 e. The van der Waals surface area contributed by atoms with Crippen LogP contribution in [-0.2, 0) is 11.8 Å². The van der Waals surface area contributed by atoms with Crippen LogP contribution in [0.5, 0.6) is 0 Å². The van der Waals surface area contributed by atoms with Gasteiger partial charge in [0, 0.05) is 25.5 Å². The molecule has 0 aromatic carbocycles. The minimum Gasteiger partial charge on any atom is -0.333 e. The molecule has 8 heteroatoms. The smallest absolute Gasteiger partial charge is 0.227 e. The third-order valence-electron chi connectivity index (χ3n) is 6.35. The molecule has 8 nitrogen and oxygen atoms in total. The molecule has 1 N–H and O–H groups in total. The summed E-state index contributed by atoms with van der Waals surface area (Å²) in [5.41, 5.74) is 2.91. The van der Waals surface area contributed by atoms with E-state index in [-0.39, 0.29) is 29.8 Å². The van der Waals surface area contributed by atoms with E-state index < -0.39 is 0 Å². The summed E-state index contributed by atoms with van der Waals surface area (Å²) in [7, 11) is 1.86. The molecule has 1 amide bonds. The van der Waals surface area contributed by atoms with Gasteiger partial charge < -0.3 is 10.2 Å². The van der Waals surface area contributed by atoms with Crippen LogP contribution in [0.25, 0.3) is 5.57 Å². The zero-order valence-electron chi connectivity index (χ0n) is 16.3. The lowest BCUT2D eigenvalue weighted by Gasteiger charge is -2.40. The van der Waals surface area contributed by atoms with Crippen molar-refractivity contribution < 1.29 is 4.79 Å². The third kappa shape index (κ3) is 3.16. The average molecular weight is 389 g/mol. The number of anilines is 2. The van der Waals surface area contributed by atoms with Crippen LogP contribution in [0.1, 0.15) is 37.8 Å². The van der Waals surface area contributed by atoms with E-state index in [1.165, 1.54) is 5.57 Å². The molecule has 3 aliphatic rings. The summed E-state index contributed by atoms with van der Waals surface area (Å²) >= 11 is 0. The molecule has 2 aliphatic heterocycles. The van der Waals surface area contributed by atoms with Gasteiger partial charge in [-0.15, -0.1) is 0 Å². The van der Waals surface area contributed by atoms with Gasteiger partial charge in [-0.2, -0.15) is 10.4 Å². The van der Waals surface area contributed by atoms with E-state index in [1.807, 2.05) is 24.2 Å². The van der Waals surface area contributed by atoms with Crippen LogP contribution < -0.4 is 5.32 Å². The Balaban J connectivity index is 1.35. The Morgan fingerprint density at radius 3 is 2.90 bits per heavy atom. The van der Waals surface area contributed by atoms with Crippen molar-refractivity contribution >= 4 is 23.1 Å². The Morgan fingerprint density at radius 2 is 2.21 bits per heavy atom. The molecule has 0 spiro atoms. The number of carbonyl (C=O) groups is 1. The van der Waals surface area contributed by atoms with Gasteiger partial charge in [0.15, 0.2) is 0 Å². The number of carbonyl (C=O) groups excluding carboxylic acids is 1. The van der Waals surface area contributed by atoms with Gasteiger partial charge in [-0.3, -0.25) is 9.48 Å². The van der Waals surface area contributed by atoms with Crippen molar-refractivity contribution in [3.63, 3.8) is 0 Å². The zero-order chi connectivity index (χ0) is 20.0. The molecule has 2 fully saturated rings. The maximum Gasteiger partial charge on any atom is 0.227 e. The Bertz CT molecular complexity index is 1020. The van der Waals surface area contributed by atoms with Crippen molar-refractivity contribution in [2.24, 2.45) is 18.9 Å². The van der Waals surface area contributed by atoms with Gasteiger partial charge in [0.05, 0.1) is 41.5 Å². The second-order valence-electron chi connectivity index (χ2n) is 8.15. The van der Waals surface area contributed by atoms with Crippen LogP contribution in [0.15, 0.2) is 30.7 Å². The van der Waals surface area contributed by atoms with E-state index in [2.05, 4.69) is 32.5 Å². The third-order valence-corrected chi connectivity index (χ3v) is 6.35. The average Bonchev–Trinajstić information content (AvgIpc) is 3.21. The number of amides is 1. The van der Waals surface area contributed by atoms with Gasteiger partial charge in [-0.05, 0) is 43.7 Å². The molecule has 4 heterocycles. The molecule has 4 unspecified atom stereocenters. The molecule has 4 atom stereocenters. The van der Waals surface area contributed by atoms with Crippen molar-refractivity contribution in [2.45, 2.75) is 44.2 Å². The molecule has 2 aromatic heterocycles. The number of nitrogens with zero attached hydrogens (tertiary/aromatic N) is 6. The van der Waals surface area contributed by atoms with Gasteiger partial charge in [-0.25, -0.2) is 9.97 Å². The fourth-order valence-corrected chi connectivity index (χ4v) is 4.72. The first kappa shape index (κ1) is 17.9. The fraction of sp³-hybridized carbons (Fsp3) is 0.476. The van der Waals surface area contributed by atoms with Crippen molar-refractivity contribution in [1.82, 2.24) is 24.6 Å². The van der Waals surface area contributed by atoms with Gasteiger partial charge in [0.1, 0.15) is 0 Å². The zero-order valence-corrected chi connectivity index (χ0v) is 16.3. The predicted octanol–water partition coefficient (Wildman–Crippen LogP) is 2.65. The summed E-state index contributed by atoms with van der Waals surface area (Å²) in [5, 5.41) is 16.5. The molecule has 1 aliphatic carbocycles. The molecule has 2 aromatic rings. The summed E-state index contributed by atoms with van der Waals surface area (Å²) in [6.45, 7) is 0. The Kier molecular flexibility index (Phi) is 4.31. The molecular formula is C21H23N7O. The highest BCUT2D eigenvalue weighted by Crippen LogP contribution is 2.43. The molecular weight excluding hydrogens is 366 g/mol. The normalized spacial score (nSPS) is 27.7. The minimum absolute atomic E-state index is 0.102. The van der Waals surface area contributed by atoms with Gasteiger partial charge in [0.25, 0.3) is 0 Å². The standard InChI is InChI=1S/C21H23N7O/c1-27-12-15(11-24-27)25-21-23-7-6-19(26-21)14-8-16-3-4-17(9-14)28(16)20(29)18-5-2-13(18)10-22/h6-8,11-13,16-18H,2-5,9H2,1H3,(H,23,25,26). The summed E-state index contributed by atoms with van der Waals surface area (Å²) in [5.74, 6) is 0.503. The van der Waals surface area contributed by atoms with Crippen LogP contribution in [0, 0.1) is 23.2 Å². The molecule has 148 valence electrons. The summed E-state index contributed by atoms with van der Waals surface area (Å²) in [4.78, 5) is 24.1. The number of fused-ring (bicyclic) bond motifs is 2. The molecule has 1 saturated heterocycles. The van der Waals surface area contributed by atoms with Gasteiger partial charge >= 0.3 is 0 Å². The van der Waals surface area contributed by atoms with Crippen molar-refractivity contribution in [2.75, 3.05) is 5.32 Å². The van der Waals surface area contributed by atoms with Crippen LogP contribution in [0.3, 0.4) is 0 Å². The fourth-order valence-electron chi connectivity index (χ4n) is 4.72. The minimum atomic E-state index is -0.104. The number of nitrogens with one attached hydrogen (secondary N) is 1. The van der Waals surface area contributed by atoms with E-state index in [0.29, 0.717) is 5.95 Å². The van der Waals surface area contributed by atoms with Crippen molar-refractivity contribution in [1.29, 1.82) is 5.26 Å². The highest BCUT2D eigenvalue weighted by Gasteiger charge is 2.46. The number of aryl methyl sites for hydroxylation is 1. The summed E-state index contributed by atoms with van der Waals surface area (Å²) in [6.07, 6.45) is 12.0. The Morgan fingerprint density at radius 1 is 1.31 bits per heavy atom. The van der Waals surface area contributed by atoms with E-state index >= 15 is 0 Å². The van der Waals surface area contributed by atoms with E-state index in [0.717, 1.165) is 43.5 Å². The van der Waals surface area contributed by atoms with Crippen LogP contribution in [0.4, 0.5) is 11.6 Å². The molecule has 2 bridgehead atoms. The number of hydrogen-bond acceptors (Lipinski definition) is 6. The SMILES string of the molecule is Cn1cc(Nc2nccc(C3=CC4CCC(C3)N4C(=O)C3CCC3C#N)n2)cn1. The number of aromatic nitrogens is 4. The van der Waals surface area contributed by atoms with Crippen LogP contribution >= 0.6 is 0 Å². The molecule has 0 radical (unpaired) electrons. The highest BCUT2D eigenvalue weighted by molar-refractivity contribution is 5.83. The van der Waals surface area contributed by atoms with Gasteiger partial charge in [0.2, 0.25) is 11.9 Å². The van der Waals surface area contributed by atoms with Crippen molar-refractivity contribution in [3.05, 3.63) is 36.4 Å². The number of hydrogen-bond donors (Lipinski definition) is 1. The Hall–Kier alpha value is -3.21. The first-order chi connectivity index (χ1) is 14.1. The summed E-state index contributed by atoms with van der Waals surface area (Å²) in [6, 6.07) is 4.53. The second-order valence-corrected chi connectivity index (χ2v) is 8.15. The van der Waals surface area contributed by atoms with Crippen molar-refractivity contribution in [3.8, 4) is 6.07 Å². The highest BCUT2D eigenvalue weighted by atomic mass is 16.2. The van der Waals surface area contributed by atoms with E-state index in [9.17, 15) is 10.1 Å². The maximum absolute atomic E-state index is 13.0. The summed E-state index contributed by atoms with van der Waals surface area (Å²) < 4.78 is 1.72. The lowest BCUT2D eigenvalue weighted by molar-refractivity contribution is -0.142. The molecule has 5 rings (SSSR count). The molecule has 29 heavy (non-hydrogen) atoms. The lowest BCUT2D eigenvalue weighted by atomic mass is 9.73. The van der Waals surface area contributed by atoms with Crippen LogP contribution in [0.2, 0.25) is 0 Å². The topological polar surface area (TPSA) is 99.7 Å². The quantitative estimate of drug-likeness (QED) is 0.863. The molecule has 1 saturated carbocycles.